The molecule has 0 aromatic carbocycles. The molecule has 0 bridgehead atoms. The van der Waals surface area contributed by atoms with E-state index in [1.165, 1.54) is 129 Å². The fourth-order valence-electron chi connectivity index (χ4n) is 4.67. The predicted molar refractivity (Wildman–Crippen MR) is 136 cm³/mol. The van der Waals surface area contributed by atoms with Crippen molar-refractivity contribution in [3.05, 3.63) is 0 Å². The molecule has 1 rings (SSSR count). The van der Waals surface area contributed by atoms with Gasteiger partial charge in [0.05, 0.1) is 0 Å². The van der Waals surface area contributed by atoms with Crippen molar-refractivity contribution in [3.8, 4) is 0 Å². The van der Waals surface area contributed by atoms with Crippen LogP contribution in [0.1, 0.15) is 129 Å². The van der Waals surface area contributed by atoms with Crippen molar-refractivity contribution < 1.29 is 9.59 Å². The molecule has 31 heavy (non-hydrogen) atoms. The van der Waals surface area contributed by atoms with Gasteiger partial charge in [-0.25, -0.2) is 0 Å². The first-order chi connectivity index (χ1) is 15.1. The van der Waals surface area contributed by atoms with E-state index in [0.717, 1.165) is 6.54 Å². The highest BCUT2D eigenvalue weighted by atomic mass is 32.1. The fraction of sp³-hybridized carbons (Fsp3) is 0.923. The number of rotatable bonds is 5. The van der Waals surface area contributed by atoms with Crippen LogP contribution in [-0.2, 0) is 9.59 Å². The van der Waals surface area contributed by atoms with Crippen LogP contribution in [0.3, 0.4) is 0 Å². The first kappa shape index (κ1) is 28.3. The van der Waals surface area contributed by atoms with Gasteiger partial charge in [0.25, 0.3) is 0 Å². The monoisotopic (exact) mass is 454 g/mol. The third-order valence-corrected chi connectivity index (χ3v) is 7.03. The Bertz CT molecular complexity index is 439. The Balaban J connectivity index is 2.40. The third kappa shape index (κ3) is 16.6. The maximum absolute atomic E-state index is 12.4. The number of carbonyl (C=O) groups excluding carboxylic acids is 2. The van der Waals surface area contributed by atoms with Gasteiger partial charge in [-0.2, -0.15) is 12.6 Å². The molecule has 1 aliphatic carbocycles. The van der Waals surface area contributed by atoms with Gasteiger partial charge in [-0.15, -0.1) is 0 Å². The molecule has 0 spiro atoms. The largest absolute Gasteiger partial charge is 0.354 e. The summed E-state index contributed by atoms with van der Waals surface area (Å²) in [7, 11) is 0. The summed E-state index contributed by atoms with van der Waals surface area (Å²) in [6, 6.07) is -0.534. The maximum Gasteiger partial charge on any atom is 0.243 e. The fourth-order valence-corrected chi connectivity index (χ4v) is 4.93. The van der Waals surface area contributed by atoms with Gasteiger partial charge in [-0.3, -0.25) is 9.59 Å². The second kappa shape index (κ2) is 19.9. The van der Waals surface area contributed by atoms with Crippen LogP contribution in [0.4, 0.5) is 0 Å². The summed E-state index contributed by atoms with van der Waals surface area (Å²) in [6.07, 6.45) is 25.8. The summed E-state index contributed by atoms with van der Waals surface area (Å²) >= 11 is 4.22. The summed E-state index contributed by atoms with van der Waals surface area (Å²) in [5.74, 6) is 0.594. The van der Waals surface area contributed by atoms with Crippen LogP contribution in [0.15, 0.2) is 0 Å². The quantitative estimate of drug-likeness (QED) is 0.411. The van der Waals surface area contributed by atoms with E-state index in [9.17, 15) is 9.59 Å². The molecule has 0 radical (unpaired) electrons. The number of hydrogen-bond acceptors (Lipinski definition) is 3. The molecule has 0 unspecified atom stereocenters. The number of thiol groups is 1. The Hall–Kier alpha value is -0.710. The Morgan fingerprint density at radius 3 is 1.39 bits per heavy atom. The second-order valence-corrected chi connectivity index (χ2v) is 10.00. The molecule has 1 aliphatic rings. The van der Waals surface area contributed by atoms with Gasteiger partial charge in [0, 0.05) is 19.2 Å². The molecule has 0 heterocycles. The summed E-state index contributed by atoms with van der Waals surface area (Å²) in [5.41, 5.74) is 0. The molecule has 1 fully saturated rings. The van der Waals surface area contributed by atoms with Gasteiger partial charge < -0.3 is 10.6 Å². The summed E-state index contributed by atoms with van der Waals surface area (Å²) in [6.45, 7) is 2.17. The lowest BCUT2D eigenvalue weighted by atomic mass is 9.93. The first-order valence-electron chi connectivity index (χ1n) is 13.3. The topological polar surface area (TPSA) is 58.2 Å². The lowest BCUT2D eigenvalue weighted by molar-refractivity contribution is -0.127. The zero-order chi connectivity index (χ0) is 22.6. The van der Waals surface area contributed by atoms with E-state index in [4.69, 9.17) is 0 Å². The Kier molecular flexibility index (Phi) is 18.2. The Labute approximate surface area is 197 Å². The Morgan fingerprint density at radius 2 is 1.06 bits per heavy atom. The van der Waals surface area contributed by atoms with E-state index in [0.29, 0.717) is 11.7 Å². The van der Waals surface area contributed by atoms with Crippen LogP contribution in [0.5, 0.6) is 0 Å². The zero-order valence-electron chi connectivity index (χ0n) is 20.3. The van der Waals surface area contributed by atoms with Crippen molar-refractivity contribution in [3.63, 3.8) is 0 Å². The van der Waals surface area contributed by atoms with Crippen LogP contribution in [0, 0.1) is 5.92 Å². The normalized spacial score (nSPS) is 21.0. The molecule has 2 amide bonds. The van der Waals surface area contributed by atoms with Gasteiger partial charge in [0.2, 0.25) is 11.8 Å². The van der Waals surface area contributed by atoms with Crippen molar-refractivity contribution in [1.82, 2.24) is 10.6 Å². The molecule has 1 saturated carbocycles. The van der Waals surface area contributed by atoms with Crippen LogP contribution in [0.25, 0.3) is 0 Å². The maximum atomic E-state index is 12.4. The molecule has 1 atom stereocenters. The highest BCUT2D eigenvalue weighted by molar-refractivity contribution is 7.80. The molecular weight excluding hydrogens is 404 g/mol. The number of amides is 2. The highest BCUT2D eigenvalue weighted by Gasteiger charge is 2.19. The summed E-state index contributed by atoms with van der Waals surface area (Å²) < 4.78 is 0. The van der Waals surface area contributed by atoms with Gasteiger partial charge in [0.1, 0.15) is 6.04 Å². The molecule has 2 N–H and O–H groups in total. The third-order valence-electron chi connectivity index (χ3n) is 6.67. The standard InChI is InChI=1S/C26H50N2O2S/c1-23(29)28-25(22-31)26(30)27-21-24-19-17-15-13-11-9-7-5-3-2-4-6-8-10-12-14-16-18-20-24/h24-25,31H,2-22H2,1H3,(H,27,30)(H,28,29)/t25-/m0/s1. The molecule has 0 aliphatic heterocycles. The van der Waals surface area contributed by atoms with Crippen molar-refractivity contribution in [2.75, 3.05) is 12.3 Å². The predicted octanol–water partition coefficient (Wildman–Crippen LogP) is 6.58. The van der Waals surface area contributed by atoms with Gasteiger partial charge >= 0.3 is 0 Å². The minimum atomic E-state index is -0.534. The van der Waals surface area contributed by atoms with Gasteiger partial charge in [-0.1, -0.05) is 109 Å². The molecule has 182 valence electrons. The lowest BCUT2D eigenvalue weighted by Crippen LogP contribution is -2.48. The molecular formula is C26H50N2O2S. The molecule has 0 aromatic heterocycles. The van der Waals surface area contributed by atoms with Crippen molar-refractivity contribution >= 4 is 24.4 Å². The zero-order valence-corrected chi connectivity index (χ0v) is 21.2. The van der Waals surface area contributed by atoms with Gasteiger partial charge in [0.15, 0.2) is 0 Å². The number of carbonyl (C=O) groups is 2. The molecule has 4 nitrogen and oxygen atoms in total. The second-order valence-electron chi connectivity index (χ2n) is 9.63. The SMILES string of the molecule is CC(=O)N[C@@H](CS)C(=O)NCC1CCCCCCCCCCCCCCCCCCC1. The molecule has 0 saturated heterocycles. The van der Waals surface area contributed by atoms with Gasteiger partial charge in [-0.05, 0) is 18.8 Å². The number of hydrogen-bond donors (Lipinski definition) is 3. The minimum Gasteiger partial charge on any atom is -0.354 e. The van der Waals surface area contributed by atoms with E-state index in [1.54, 1.807) is 0 Å². The van der Waals surface area contributed by atoms with Crippen LogP contribution in [-0.4, -0.2) is 30.2 Å². The first-order valence-corrected chi connectivity index (χ1v) is 13.9. The molecule has 0 aromatic rings. The van der Waals surface area contributed by atoms with E-state index in [2.05, 4.69) is 23.3 Å². The average molecular weight is 455 g/mol. The highest BCUT2D eigenvalue weighted by Crippen LogP contribution is 2.20. The smallest absolute Gasteiger partial charge is 0.243 e. The van der Waals surface area contributed by atoms with Crippen molar-refractivity contribution in [2.24, 2.45) is 5.92 Å². The van der Waals surface area contributed by atoms with E-state index in [1.807, 2.05) is 0 Å². The van der Waals surface area contributed by atoms with E-state index >= 15 is 0 Å². The van der Waals surface area contributed by atoms with E-state index in [-0.39, 0.29) is 11.8 Å². The minimum absolute atomic E-state index is 0.100. The number of nitrogens with one attached hydrogen (secondary N) is 2. The molecule has 5 heteroatoms. The van der Waals surface area contributed by atoms with Crippen LogP contribution >= 0.6 is 12.6 Å². The average Bonchev–Trinajstić information content (AvgIpc) is 2.75. The van der Waals surface area contributed by atoms with Crippen molar-refractivity contribution in [1.29, 1.82) is 0 Å². The summed E-state index contributed by atoms with van der Waals surface area (Å²) in [4.78, 5) is 23.7. The van der Waals surface area contributed by atoms with Crippen LogP contribution in [0.2, 0.25) is 0 Å². The van der Waals surface area contributed by atoms with Crippen molar-refractivity contribution in [2.45, 2.75) is 135 Å². The van der Waals surface area contributed by atoms with Crippen LogP contribution < -0.4 is 10.6 Å². The summed E-state index contributed by atoms with van der Waals surface area (Å²) in [5, 5.41) is 5.77. The Morgan fingerprint density at radius 1 is 0.710 bits per heavy atom. The lowest BCUT2D eigenvalue weighted by Gasteiger charge is -2.20. The van der Waals surface area contributed by atoms with E-state index < -0.39 is 6.04 Å².